The molecule has 1 heterocycles. The number of amides is 1. The normalized spacial score (nSPS) is 9.67. The number of rotatable bonds is 3. The molecular formula is C15H12ClNO3S. The summed E-state index contributed by atoms with van der Waals surface area (Å²) in [6, 6.07) is 6.74. The molecule has 1 aromatic carbocycles. The summed E-state index contributed by atoms with van der Waals surface area (Å²) in [5.41, 5.74) is 1.04. The molecule has 21 heavy (non-hydrogen) atoms. The number of nitrogens with one attached hydrogen (secondary N) is 1. The number of aliphatic hydroxyl groups is 1. The molecule has 4 nitrogen and oxygen atoms in total. The van der Waals surface area contributed by atoms with Crippen molar-refractivity contribution in [1.82, 2.24) is 0 Å². The van der Waals surface area contributed by atoms with Crippen LogP contribution >= 0.6 is 22.9 Å². The SMILES string of the molecule is COc1ccc(Cl)c(NC(=O)c2sccc2C#CCO)c1. The second kappa shape index (κ2) is 7.14. The number of methoxy groups -OCH3 is 1. The second-order valence-electron chi connectivity index (χ2n) is 3.92. The Morgan fingerprint density at radius 3 is 3.00 bits per heavy atom. The molecule has 6 heteroatoms. The highest BCUT2D eigenvalue weighted by atomic mass is 35.5. The third-order valence-corrected chi connectivity index (χ3v) is 3.84. The van der Waals surface area contributed by atoms with Crippen LogP contribution in [0.5, 0.6) is 5.75 Å². The van der Waals surface area contributed by atoms with Gasteiger partial charge in [0.2, 0.25) is 0 Å². The smallest absolute Gasteiger partial charge is 0.267 e. The summed E-state index contributed by atoms with van der Waals surface area (Å²) in [4.78, 5) is 12.7. The van der Waals surface area contributed by atoms with Gasteiger partial charge in [-0.1, -0.05) is 23.4 Å². The predicted molar refractivity (Wildman–Crippen MR) is 84.2 cm³/mol. The molecule has 0 bridgehead atoms. The van der Waals surface area contributed by atoms with E-state index >= 15 is 0 Å². The molecule has 0 aliphatic rings. The van der Waals surface area contributed by atoms with E-state index in [0.717, 1.165) is 0 Å². The molecule has 0 unspecified atom stereocenters. The van der Waals surface area contributed by atoms with Crippen molar-refractivity contribution in [3.63, 3.8) is 0 Å². The molecule has 2 rings (SSSR count). The lowest BCUT2D eigenvalue weighted by molar-refractivity contribution is 0.103. The summed E-state index contributed by atoms with van der Waals surface area (Å²) in [7, 11) is 1.54. The average Bonchev–Trinajstić information content (AvgIpc) is 2.95. The number of ether oxygens (including phenoxy) is 1. The maximum atomic E-state index is 12.3. The minimum absolute atomic E-state index is 0.251. The number of benzene rings is 1. The first-order chi connectivity index (χ1) is 10.2. The van der Waals surface area contributed by atoms with Crippen molar-refractivity contribution in [1.29, 1.82) is 0 Å². The van der Waals surface area contributed by atoms with Crippen molar-refractivity contribution in [2.45, 2.75) is 0 Å². The standard InChI is InChI=1S/C15H12ClNO3S/c1-20-11-4-5-12(16)13(9-11)17-15(19)14-10(3-2-7-18)6-8-21-14/h4-6,8-9,18H,7H2,1H3,(H,17,19). The zero-order valence-corrected chi connectivity index (χ0v) is 12.7. The first kappa shape index (κ1) is 15.4. The Morgan fingerprint density at radius 2 is 2.29 bits per heavy atom. The Bertz CT molecular complexity index is 715. The van der Waals surface area contributed by atoms with Crippen molar-refractivity contribution in [3.8, 4) is 17.6 Å². The van der Waals surface area contributed by atoms with Crippen LogP contribution in [0.3, 0.4) is 0 Å². The summed E-state index contributed by atoms with van der Waals surface area (Å²) >= 11 is 7.33. The largest absolute Gasteiger partial charge is 0.497 e. The third-order valence-electron chi connectivity index (χ3n) is 2.60. The van der Waals surface area contributed by atoms with E-state index in [9.17, 15) is 4.79 Å². The molecule has 2 aromatic rings. The van der Waals surface area contributed by atoms with Crippen LogP contribution in [0.2, 0.25) is 5.02 Å². The van der Waals surface area contributed by atoms with Crippen molar-refractivity contribution in [2.24, 2.45) is 0 Å². The minimum atomic E-state index is -0.303. The number of anilines is 1. The molecule has 0 saturated heterocycles. The first-order valence-electron chi connectivity index (χ1n) is 5.98. The molecule has 108 valence electrons. The van der Waals surface area contributed by atoms with Crippen LogP contribution in [0.15, 0.2) is 29.6 Å². The van der Waals surface area contributed by atoms with Crippen LogP contribution in [0, 0.1) is 11.8 Å². The Labute approximate surface area is 131 Å². The Hall–Kier alpha value is -2.00. The van der Waals surface area contributed by atoms with Crippen LogP contribution in [0.1, 0.15) is 15.2 Å². The van der Waals surface area contributed by atoms with Crippen molar-refractivity contribution >= 4 is 34.5 Å². The lowest BCUT2D eigenvalue weighted by Crippen LogP contribution is -2.12. The highest BCUT2D eigenvalue weighted by molar-refractivity contribution is 7.12. The van der Waals surface area contributed by atoms with Gasteiger partial charge in [0.15, 0.2) is 0 Å². The molecule has 0 fully saturated rings. The van der Waals surface area contributed by atoms with E-state index in [-0.39, 0.29) is 12.5 Å². The van der Waals surface area contributed by atoms with E-state index in [2.05, 4.69) is 17.2 Å². The van der Waals surface area contributed by atoms with Gasteiger partial charge in [-0.3, -0.25) is 4.79 Å². The van der Waals surface area contributed by atoms with Gasteiger partial charge in [0.25, 0.3) is 5.91 Å². The summed E-state index contributed by atoms with van der Waals surface area (Å²) in [6.07, 6.45) is 0. The fourth-order valence-corrected chi connectivity index (χ4v) is 2.53. The van der Waals surface area contributed by atoms with Gasteiger partial charge in [0.05, 0.1) is 17.8 Å². The fourth-order valence-electron chi connectivity index (χ4n) is 1.62. The molecule has 0 radical (unpaired) electrons. The number of carbonyl (C=O) groups is 1. The molecule has 1 aromatic heterocycles. The van der Waals surface area contributed by atoms with Gasteiger partial charge in [0, 0.05) is 11.6 Å². The van der Waals surface area contributed by atoms with Crippen LogP contribution < -0.4 is 10.1 Å². The van der Waals surface area contributed by atoms with Gasteiger partial charge >= 0.3 is 0 Å². The molecule has 0 atom stereocenters. The molecule has 0 saturated carbocycles. The zero-order valence-electron chi connectivity index (χ0n) is 11.1. The third kappa shape index (κ3) is 3.76. The highest BCUT2D eigenvalue weighted by Crippen LogP contribution is 2.28. The van der Waals surface area contributed by atoms with E-state index in [0.29, 0.717) is 26.9 Å². The number of halogens is 1. The van der Waals surface area contributed by atoms with Crippen LogP contribution in [-0.4, -0.2) is 24.7 Å². The van der Waals surface area contributed by atoms with Crippen molar-refractivity contribution < 1.29 is 14.6 Å². The zero-order chi connectivity index (χ0) is 15.2. The van der Waals surface area contributed by atoms with E-state index in [4.69, 9.17) is 21.4 Å². The van der Waals surface area contributed by atoms with Gasteiger partial charge < -0.3 is 15.2 Å². The average molecular weight is 322 g/mol. The van der Waals surface area contributed by atoms with Crippen LogP contribution in [-0.2, 0) is 0 Å². The quantitative estimate of drug-likeness (QED) is 0.854. The van der Waals surface area contributed by atoms with Gasteiger partial charge in [-0.15, -0.1) is 11.3 Å². The van der Waals surface area contributed by atoms with E-state index in [1.807, 2.05) is 0 Å². The highest BCUT2D eigenvalue weighted by Gasteiger charge is 2.14. The van der Waals surface area contributed by atoms with Crippen LogP contribution in [0.25, 0.3) is 0 Å². The van der Waals surface area contributed by atoms with Gasteiger partial charge in [-0.25, -0.2) is 0 Å². The molecular weight excluding hydrogens is 310 g/mol. The maximum absolute atomic E-state index is 12.3. The lowest BCUT2D eigenvalue weighted by atomic mass is 10.2. The maximum Gasteiger partial charge on any atom is 0.267 e. The fraction of sp³-hybridized carbons (Fsp3) is 0.133. The molecule has 2 N–H and O–H groups in total. The Balaban J connectivity index is 2.24. The summed E-state index contributed by atoms with van der Waals surface area (Å²) in [6.45, 7) is -0.251. The summed E-state index contributed by atoms with van der Waals surface area (Å²) in [5.74, 6) is 5.56. The van der Waals surface area contributed by atoms with Gasteiger partial charge in [0.1, 0.15) is 17.2 Å². The second-order valence-corrected chi connectivity index (χ2v) is 5.25. The molecule has 1 amide bonds. The van der Waals surface area contributed by atoms with E-state index < -0.39 is 0 Å². The number of carbonyl (C=O) groups excluding carboxylic acids is 1. The Morgan fingerprint density at radius 1 is 1.48 bits per heavy atom. The number of hydrogen-bond donors (Lipinski definition) is 2. The van der Waals surface area contributed by atoms with E-state index in [1.165, 1.54) is 18.4 Å². The number of thiophene rings is 1. The minimum Gasteiger partial charge on any atom is -0.497 e. The Kier molecular flexibility index (Phi) is 5.23. The topological polar surface area (TPSA) is 58.6 Å². The molecule has 0 spiro atoms. The van der Waals surface area contributed by atoms with Gasteiger partial charge in [-0.2, -0.15) is 0 Å². The summed E-state index contributed by atoms with van der Waals surface area (Å²) in [5, 5.41) is 13.6. The van der Waals surface area contributed by atoms with Crippen molar-refractivity contribution in [3.05, 3.63) is 45.1 Å². The first-order valence-corrected chi connectivity index (χ1v) is 7.23. The summed E-state index contributed by atoms with van der Waals surface area (Å²) < 4.78 is 5.10. The number of hydrogen-bond acceptors (Lipinski definition) is 4. The monoisotopic (exact) mass is 321 g/mol. The van der Waals surface area contributed by atoms with E-state index in [1.54, 1.807) is 29.6 Å². The van der Waals surface area contributed by atoms with Crippen molar-refractivity contribution in [2.75, 3.05) is 19.0 Å². The lowest BCUT2D eigenvalue weighted by Gasteiger charge is -2.08. The van der Waals surface area contributed by atoms with Gasteiger partial charge in [-0.05, 0) is 23.6 Å². The van der Waals surface area contributed by atoms with Crippen LogP contribution in [0.4, 0.5) is 5.69 Å². The molecule has 0 aliphatic carbocycles. The predicted octanol–water partition coefficient (Wildman–Crippen LogP) is 3.01. The molecule has 0 aliphatic heterocycles. The number of aliphatic hydroxyl groups excluding tert-OH is 1.